The third kappa shape index (κ3) is 16.4. The van der Waals surface area contributed by atoms with Gasteiger partial charge in [-0.1, -0.05) is 53.5 Å². The fourth-order valence-electron chi connectivity index (χ4n) is 8.34. The van der Waals surface area contributed by atoms with Gasteiger partial charge in [-0.05, 0) is 88.6 Å². The first-order valence-corrected chi connectivity index (χ1v) is 26.3. The Hall–Kier alpha value is -6.45. The highest BCUT2D eigenvalue weighted by Crippen LogP contribution is 2.42. The number of alkyl carbamates (subject to hydrolysis) is 2. The number of methoxy groups -OCH3 is 2. The van der Waals surface area contributed by atoms with Crippen LogP contribution in [-0.2, 0) is 32.0 Å². The summed E-state index contributed by atoms with van der Waals surface area (Å²) in [6, 6.07) is 5.81. The number of carbonyl (C=O) groups is 4. The monoisotopic (exact) mass is 1250 g/mol. The van der Waals surface area contributed by atoms with E-state index in [0.29, 0.717) is 62.0 Å². The Bertz CT molecular complexity index is 2790. The molecule has 2 aromatic heterocycles. The normalized spacial score (nSPS) is 15.5. The molecule has 3 heterocycles. The van der Waals surface area contributed by atoms with Crippen molar-refractivity contribution in [3.05, 3.63) is 101 Å². The number of aliphatic hydroxyl groups is 1. The summed E-state index contributed by atoms with van der Waals surface area (Å²) < 4.78 is 156. The molecule has 4 amide bonds. The van der Waals surface area contributed by atoms with Gasteiger partial charge in [0.2, 0.25) is 5.91 Å². The largest absolute Gasteiger partial charge is 0.453 e. The molecule has 1 aliphatic rings. The number of hydrogen-bond acceptors (Lipinski definition) is 12. The molecule has 0 aliphatic carbocycles. The van der Waals surface area contributed by atoms with Crippen molar-refractivity contribution in [3.8, 4) is 23.1 Å². The first kappa shape index (κ1) is 64.4. The Morgan fingerprint density at radius 3 is 1.80 bits per heavy atom. The van der Waals surface area contributed by atoms with Crippen LogP contribution >= 0.6 is 22.6 Å². The van der Waals surface area contributed by atoms with Crippen molar-refractivity contribution in [3.63, 3.8) is 0 Å². The summed E-state index contributed by atoms with van der Waals surface area (Å²) in [5, 5.41) is 22.1. The Morgan fingerprint density at radius 1 is 0.787 bits per heavy atom. The van der Waals surface area contributed by atoms with Gasteiger partial charge in [-0.25, -0.2) is 33.0 Å². The van der Waals surface area contributed by atoms with Crippen molar-refractivity contribution < 1.29 is 77.7 Å². The van der Waals surface area contributed by atoms with Crippen LogP contribution in [0.1, 0.15) is 69.8 Å². The van der Waals surface area contributed by atoms with Crippen molar-refractivity contribution in [1.82, 2.24) is 46.0 Å². The minimum atomic E-state index is -5.23. The summed E-state index contributed by atoms with van der Waals surface area (Å²) >= 11 is 2.40. The van der Waals surface area contributed by atoms with Gasteiger partial charge in [0.25, 0.3) is 5.91 Å². The summed E-state index contributed by atoms with van der Waals surface area (Å²) in [7, 11) is 1.60. The van der Waals surface area contributed by atoms with Gasteiger partial charge in [0, 0.05) is 84.4 Å². The van der Waals surface area contributed by atoms with Crippen molar-refractivity contribution in [2.75, 3.05) is 56.3 Å². The van der Waals surface area contributed by atoms with Crippen molar-refractivity contribution >= 4 is 52.4 Å². The first-order chi connectivity index (χ1) is 37.4. The van der Waals surface area contributed by atoms with E-state index in [0.717, 1.165) is 69.3 Å². The number of ether oxygens (including phenoxy) is 2. The van der Waals surface area contributed by atoms with Crippen LogP contribution in [0.15, 0.2) is 67.0 Å². The molecule has 1 unspecified atom stereocenters. The molecule has 0 saturated carbocycles. The number of alkyl halides is 9. The maximum absolute atomic E-state index is 16.0. The summed E-state index contributed by atoms with van der Waals surface area (Å²) in [5.41, 5.74) is -4.42. The molecule has 1 fully saturated rings. The van der Waals surface area contributed by atoms with E-state index in [9.17, 15) is 59.4 Å². The predicted molar refractivity (Wildman–Crippen MR) is 281 cm³/mol. The lowest BCUT2D eigenvalue weighted by atomic mass is 9.82. The van der Waals surface area contributed by atoms with Gasteiger partial charge in [0.15, 0.2) is 0 Å². The van der Waals surface area contributed by atoms with E-state index in [-0.39, 0.29) is 21.5 Å². The number of amides is 4. The molecule has 4 aromatic rings. The lowest BCUT2D eigenvalue weighted by molar-refractivity contribution is -0.221. The number of carbonyl (C=O) groups excluding carboxylic acids is 4. The van der Waals surface area contributed by atoms with E-state index in [1.165, 1.54) is 12.1 Å². The molecule has 0 bridgehead atoms. The SMILES string of the molecule is CCC(CI)N1CCN(c2ccc(C#Cc3ccc(C[C@H](NC(=O)[C@@H](NC(=O)OC)C(C)(C)C(F)(F)F)[C@@H](O)CN(Cc4c(F)cc(-c5ccn(C(F)F)n5)cc4F)NC(=O)[C@@H](NC(=O)OC)C(C)(C)C(F)(F)F)cc3)cn2)CC1. The summed E-state index contributed by atoms with van der Waals surface area (Å²) in [5.74, 6) is 0.739. The third-order valence-electron chi connectivity index (χ3n) is 13.7. The number of rotatable bonds is 21. The fraction of sp³-hybridized carbons (Fsp3) is 0.500. The number of halogens is 11. The van der Waals surface area contributed by atoms with Crippen LogP contribution in [-0.4, -0.2) is 148 Å². The number of nitrogens with zero attached hydrogens (tertiary/aromatic N) is 6. The van der Waals surface area contributed by atoms with E-state index >= 15 is 8.78 Å². The fourth-order valence-corrected chi connectivity index (χ4v) is 9.52. The lowest BCUT2D eigenvalue weighted by Gasteiger charge is -2.39. The van der Waals surface area contributed by atoms with E-state index in [2.05, 4.69) is 76.0 Å². The molecular weight excluding hydrogens is 1190 g/mol. The molecule has 1 aliphatic heterocycles. The number of benzene rings is 2. The number of hydrogen-bond donors (Lipinski definition) is 5. The standard InChI is InChI=1S/C52H61F10IN10O7/c1-8-34(26-63)70-19-21-71(22-20-70)41-16-15-32(27-64-41)14-11-30-9-12-31(13-10-30)23-39(65-44(75)42(66-47(77)79-6)49(2,3)51(57,58)59)40(74)29-72(69-45(76)43(67-48(78)80-7)50(4,5)52(60,61)62)28-35-36(53)24-33(25-37(35)54)38-17-18-73(68-38)46(55)56/h9-10,12-13,15-18,24-25,27,34,39-40,42-43,46,74H,8,19-23,26,28-29H2,1-7H3,(H,65,75)(H,66,77)(H,67,78)(H,69,76)/t34?,39-,40-,42+,43+/m0/s1. The summed E-state index contributed by atoms with van der Waals surface area (Å²) in [6.45, 7) is 2.47. The molecule has 5 N–H and O–H groups in total. The molecule has 5 rings (SSSR count). The molecule has 17 nitrogen and oxygen atoms in total. The number of hydrazine groups is 1. The van der Waals surface area contributed by atoms with Crippen molar-refractivity contribution in [2.45, 2.75) is 103 Å². The average molecular weight is 1260 g/mol. The molecule has 2 aromatic carbocycles. The van der Waals surface area contributed by atoms with E-state index in [1.54, 1.807) is 23.6 Å². The minimum absolute atomic E-state index is 0.198. The summed E-state index contributed by atoms with van der Waals surface area (Å²) in [4.78, 5) is 62.1. The van der Waals surface area contributed by atoms with Gasteiger partial charge in [-0.3, -0.25) is 19.9 Å². The van der Waals surface area contributed by atoms with E-state index < -0.39 is 115 Å². The van der Waals surface area contributed by atoms with Crippen LogP contribution in [0.4, 0.5) is 59.3 Å². The molecule has 80 heavy (non-hydrogen) atoms. The minimum Gasteiger partial charge on any atom is -0.453 e. The molecular formula is C52H61F10IN10O7. The molecule has 28 heteroatoms. The van der Waals surface area contributed by atoms with Crippen LogP contribution in [0.25, 0.3) is 11.3 Å². The first-order valence-electron chi connectivity index (χ1n) is 24.7. The van der Waals surface area contributed by atoms with Gasteiger partial charge < -0.3 is 35.4 Å². The maximum atomic E-state index is 16.0. The second kappa shape index (κ2) is 27.3. The number of nitrogens with one attached hydrogen (secondary N) is 4. The highest BCUT2D eigenvalue weighted by molar-refractivity contribution is 14.1. The average Bonchev–Trinajstić information content (AvgIpc) is 4.02. The predicted octanol–water partition coefficient (Wildman–Crippen LogP) is 7.90. The topological polar surface area (TPSA) is 196 Å². The van der Waals surface area contributed by atoms with Gasteiger partial charge in [0.1, 0.15) is 29.5 Å². The van der Waals surface area contributed by atoms with E-state index in [4.69, 9.17) is 0 Å². The smallest absolute Gasteiger partial charge is 0.407 e. The second-order valence-corrected chi connectivity index (χ2v) is 20.7. The van der Waals surface area contributed by atoms with Crippen LogP contribution in [0, 0.1) is 34.3 Å². The summed E-state index contributed by atoms with van der Waals surface area (Å²) in [6.07, 6.45) is -12.5. The van der Waals surface area contributed by atoms with Crippen LogP contribution in [0.3, 0.4) is 0 Å². The number of aliphatic hydroxyl groups excluding tert-OH is 1. The van der Waals surface area contributed by atoms with Crippen LogP contribution < -0.4 is 26.3 Å². The van der Waals surface area contributed by atoms with Crippen LogP contribution in [0.5, 0.6) is 0 Å². The molecule has 0 spiro atoms. The Kier molecular flexibility index (Phi) is 22.0. The highest BCUT2D eigenvalue weighted by atomic mass is 127. The van der Waals surface area contributed by atoms with Crippen LogP contribution in [0.2, 0.25) is 0 Å². The Labute approximate surface area is 468 Å². The number of piperazine rings is 1. The number of anilines is 1. The zero-order valence-electron chi connectivity index (χ0n) is 44.4. The molecule has 438 valence electrons. The van der Waals surface area contributed by atoms with E-state index in [1.807, 2.05) is 22.9 Å². The molecule has 0 radical (unpaired) electrons. The highest BCUT2D eigenvalue weighted by Gasteiger charge is 2.57. The zero-order chi connectivity index (χ0) is 59.5. The maximum Gasteiger partial charge on any atom is 0.407 e. The lowest BCUT2D eigenvalue weighted by Crippen LogP contribution is -2.63. The quantitative estimate of drug-likeness (QED) is 0.0178. The zero-order valence-corrected chi connectivity index (χ0v) is 46.6. The third-order valence-corrected chi connectivity index (χ3v) is 14.7. The van der Waals surface area contributed by atoms with Gasteiger partial charge in [-0.15, -0.1) is 0 Å². The molecule has 1 saturated heterocycles. The Balaban J connectivity index is 1.51. The van der Waals surface area contributed by atoms with Gasteiger partial charge in [-0.2, -0.15) is 40.2 Å². The molecule has 5 atom stereocenters. The second-order valence-electron chi connectivity index (χ2n) is 19.8. The number of pyridine rings is 1. The van der Waals surface area contributed by atoms with Gasteiger partial charge in [0.05, 0.1) is 42.9 Å². The Morgan fingerprint density at radius 2 is 1.32 bits per heavy atom. The van der Waals surface area contributed by atoms with Crippen molar-refractivity contribution in [1.29, 1.82) is 0 Å². The van der Waals surface area contributed by atoms with Gasteiger partial charge >= 0.3 is 31.1 Å². The number of aromatic nitrogens is 3. The van der Waals surface area contributed by atoms with Crippen molar-refractivity contribution in [2.24, 2.45) is 10.8 Å².